The maximum Gasteiger partial charge on any atom is 0.293 e. The quantitative estimate of drug-likeness (QED) is 0.669. The molecular weight excluding hydrogens is 315 g/mol. The van der Waals surface area contributed by atoms with Gasteiger partial charge in [-0.25, -0.2) is 0 Å². The summed E-state index contributed by atoms with van der Waals surface area (Å²) in [7, 11) is 0. The van der Waals surface area contributed by atoms with Crippen molar-refractivity contribution in [1.29, 1.82) is 0 Å². The van der Waals surface area contributed by atoms with E-state index in [9.17, 15) is 14.9 Å². The van der Waals surface area contributed by atoms with Gasteiger partial charge >= 0.3 is 0 Å². The Balaban J connectivity index is 2.36. The zero-order valence-corrected chi connectivity index (χ0v) is 12.4. The van der Waals surface area contributed by atoms with E-state index >= 15 is 0 Å². The monoisotopic (exact) mass is 324 g/mol. The van der Waals surface area contributed by atoms with Gasteiger partial charge in [-0.1, -0.05) is 29.3 Å². The number of benzene rings is 2. The van der Waals surface area contributed by atoms with E-state index in [4.69, 9.17) is 23.2 Å². The molecule has 2 aromatic rings. The van der Waals surface area contributed by atoms with Crippen molar-refractivity contribution in [2.45, 2.75) is 6.92 Å². The number of hydrogen-bond donors (Lipinski definition) is 1. The van der Waals surface area contributed by atoms with E-state index in [0.29, 0.717) is 5.02 Å². The van der Waals surface area contributed by atoms with Crippen LogP contribution in [0.5, 0.6) is 0 Å². The number of nitro benzene ring substituents is 1. The Labute approximate surface area is 130 Å². The van der Waals surface area contributed by atoms with E-state index in [1.54, 1.807) is 19.1 Å². The highest BCUT2D eigenvalue weighted by Crippen LogP contribution is 2.27. The third-order valence-corrected chi connectivity index (χ3v) is 3.34. The maximum absolute atomic E-state index is 12.2. The van der Waals surface area contributed by atoms with Crippen LogP contribution < -0.4 is 5.32 Å². The second-order valence-electron chi connectivity index (χ2n) is 4.36. The highest BCUT2D eigenvalue weighted by molar-refractivity contribution is 6.36. The van der Waals surface area contributed by atoms with Crippen LogP contribution in [0.1, 0.15) is 15.9 Å². The van der Waals surface area contributed by atoms with Gasteiger partial charge in [-0.3, -0.25) is 14.9 Å². The molecule has 0 radical (unpaired) electrons. The van der Waals surface area contributed by atoms with Crippen molar-refractivity contribution in [2.24, 2.45) is 0 Å². The summed E-state index contributed by atoms with van der Waals surface area (Å²) in [6.45, 7) is 1.73. The lowest BCUT2D eigenvalue weighted by Gasteiger charge is -2.08. The van der Waals surface area contributed by atoms with Gasteiger partial charge < -0.3 is 5.32 Å². The zero-order chi connectivity index (χ0) is 15.6. The standard InChI is InChI=1S/C14H10Cl2N2O3/c1-8-2-5-12(13(6-8)18(20)21)17-14(19)10-7-9(15)3-4-11(10)16/h2-7H,1H3,(H,17,19). The van der Waals surface area contributed by atoms with E-state index in [0.717, 1.165) is 5.56 Å². The fourth-order valence-electron chi connectivity index (χ4n) is 1.76. The lowest BCUT2D eigenvalue weighted by Crippen LogP contribution is -2.13. The lowest BCUT2D eigenvalue weighted by molar-refractivity contribution is -0.384. The first-order chi connectivity index (χ1) is 9.88. The van der Waals surface area contributed by atoms with E-state index in [1.807, 2.05) is 0 Å². The van der Waals surface area contributed by atoms with Gasteiger partial charge in [0.1, 0.15) is 5.69 Å². The SMILES string of the molecule is Cc1ccc(NC(=O)c2cc(Cl)ccc2Cl)c([N+](=O)[O-])c1. The molecule has 5 nitrogen and oxygen atoms in total. The molecule has 0 aliphatic carbocycles. The number of nitro groups is 1. The number of nitrogens with one attached hydrogen (secondary N) is 1. The highest BCUT2D eigenvalue weighted by Gasteiger charge is 2.18. The molecule has 2 rings (SSSR count). The largest absolute Gasteiger partial charge is 0.316 e. The first-order valence-electron chi connectivity index (χ1n) is 5.90. The van der Waals surface area contributed by atoms with Gasteiger partial charge in [0.25, 0.3) is 11.6 Å². The van der Waals surface area contributed by atoms with Crippen LogP contribution >= 0.6 is 23.2 Å². The van der Waals surface area contributed by atoms with Crippen LogP contribution in [0.15, 0.2) is 36.4 Å². The summed E-state index contributed by atoms with van der Waals surface area (Å²) < 4.78 is 0. The molecule has 0 aliphatic rings. The fourth-order valence-corrected chi connectivity index (χ4v) is 2.14. The van der Waals surface area contributed by atoms with Gasteiger partial charge in [0.15, 0.2) is 0 Å². The first-order valence-corrected chi connectivity index (χ1v) is 6.65. The Bertz CT molecular complexity index is 732. The molecule has 0 bridgehead atoms. The minimum absolute atomic E-state index is 0.103. The Morgan fingerprint density at radius 1 is 1.19 bits per heavy atom. The Morgan fingerprint density at radius 2 is 1.90 bits per heavy atom. The molecule has 108 valence electrons. The number of halogens is 2. The summed E-state index contributed by atoms with van der Waals surface area (Å²) >= 11 is 11.8. The van der Waals surface area contributed by atoms with Crippen molar-refractivity contribution in [1.82, 2.24) is 0 Å². The average Bonchev–Trinajstić information content (AvgIpc) is 2.43. The average molecular weight is 325 g/mol. The van der Waals surface area contributed by atoms with Crippen molar-refractivity contribution < 1.29 is 9.72 Å². The second kappa shape index (κ2) is 6.11. The molecule has 0 fully saturated rings. The Morgan fingerprint density at radius 3 is 2.57 bits per heavy atom. The molecule has 0 spiro atoms. The van der Waals surface area contributed by atoms with Crippen LogP contribution in [0.4, 0.5) is 11.4 Å². The summed E-state index contributed by atoms with van der Waals surface area (Å²) in [6, 6.07) is 8.97. The zero-order valence-electron chi connectivity index (χ0n) is 10.9. The first kappa shape index (κ1) is 15.3. The van der Waals surface area contributed by atoms with Gasteiger partial charge in [-0.15, -0.1) is 0 Å². The third kappa shape index (κ3) is 3.51. The van der Waals surface area contributed by atoms with Crippen molar-refractivity contribution >= 4 is 40.5 Å². The highest BCUT2D eigenvalue weighted by atomic mass is 35.5. The number of amides is 1. The van der Waals surface area contributed by atoms with Gasteiger partial charge in [0.2, 0.25) is 0 Å². The van der Waals surface area contributed by atoms with Crippen LogP contribution in [-0.2, 0) is 0 Å². The number of anilines is 1. The van der Waals surface area contributed by atoms with Crippen LogP contribution in [0.2, 0.25) is 10.0 Å². The summed E-state index contributed by atoms with van der Waals surface area (Å²) in [5.74, 6) is -0.561. The number of aryl methyl sites for hydroxylation is 1. The molecule has 0 aromatic heterocycles. The molecule has 0 unspecified atom stereocenters. The molecule has 0 saturated carbocycles. The maximum atomic E-state index is 12.2. The van der Waals surface area contributed by atoms with Gasteiger partial charge in [0.05, 0.1) is 15.5 Å². The molecule has 0 atom stereocenters. The summed E-state index contributed by atoms with van der Waals surface area (Å²) in [5.41, 5.74) is 0.799. The lowest BCUT2D eigenvalue weighted by atomic mass is 10.1. The van der Waals surface area contributed by atoms with Crippen molar-refractivity contribution in [3.63, 3.8) is 0 Å². The normalized spacial score (nSPS) is 10.2. The topological polar surface area (TPSA) is 72.2 Å². The molecule has 21 heavy (non-hydrogen) atoms. The summed E-state index contributed by atoms with van der Waals surface area (Å²) in [5, 5.41) is 14.1. The van der Waals surface area contributed by atoms with Crippen molar-refractivity contribution in [2.75, 3.05) is 5.32 Å². The molecule has 0 aliphatic heterocycles. The summed E-state index contributed by atoms with van der Waals surface area (Å²) in [6.07, 6.45) is 0. The predicted octanol–water partition coefficient (Wildman–Crippen LogP) is 4.46. The van der Waals surface area contributed by atoms with E-state index < -0.39 is 10.8 Å². The van der Waals surface area contributed by atoms with E-state index in [1.165, 1.54) is 24.3 Å². The number of nitrogens with zero attached hydrogens (tertiary/aromatic N) is 1. The number of hydrogen-bond acceptors (Lipinski definition) is 3. The number of rotatable bonds is 3. The minimum atomic E-state index is -0.561. The Hall–Kier alpha value is -2.11. The number of carbonyl (C=O) groups excluding carboxylic acids is 1. The molecular formula is C14H10Cl2N2O3. The smallest absolute Gasteiger partial charge is 0.293 e. The fraction of sp³-hybridized carbons (Fsp3) is 0.0714. The van der Waals surface area contributed by atoms with Crippen LogP contribution in [0.3, 0.4) is 0 Å². The van der Waals surface area contributed by atoms with Crippen LogP contribution in [-0.4, -0.2) is 10.8 Å². The van der Waals surface area contributed by atoms with E-state index in [-0.39, 0.29) is 22.0 Å². The summed E-state index contributed by atoms with van der Waals surface area (Å²) in [4.78, 5) is 22.6. The molecule has 2 aromatic carbocycles. The minimum Gasteiger partial charge on any atom is -0.316 e. The molecule has 0 saturated heterocycles. The van der Waals surface area contributed by atoms with Crippen LogP contribution in [0.25, 0.3) is 0 Å². The molecule has 1 amide bonds. The number of carbonyl (C=O) groups is 1. The Kier molecular flexibility index (Phi) is 4.45. The third-order valence-electron chi connectivity index (χ3n) is 2.77. The van der Waals surface area contributed by atoms with E-state index in [2.05, 4.69) is 5.32 Å². The van der Waals surface area contributed by atoms with Gasteiger partial charge in [-0.2, -0.15) is 0 Å². The molecule has 0 heterocycles. The molecule has 7 heteroatoms. The van der Waals surface area contributed by atoms with Gasteiger partial charge in [-0.05, 0) is 36.8 Å². The predicted molar refractivity (Wildman–Crippen MR) is 82.2 cm³/mol. The molecule has 1 N–H and O–H groups in total. The van der Waals surface area contributed by atoms with Crippen molar-refractivity contribution in [3.8, 4) is 0 Å². The van der Waals surface area contributed by atoms with Crippen LogP contribution in [0, 0.1) is 17.0 Å². The second-order valence-corrected chi connectivity index (χ2v) is 5.20. The van der Waals surface area contributed by atoms with Gasteiger partial charge in [0, 0.05) is 11.1 Å². The van der Waals surface area contributed by atoms with Crippen molar-refractivity contribution in [3.05, 3.63) is 67.7 Å².